The molecule has 0 atom stereocenters. The second kappa shape index (κ2) is 4.59. The number of nitrogens with zero attached hydrogens (tertiary/aromatic N) is 3. The highest BCUT2D eigenvalue weighted by molar-refractivity contribution is 6.01. The number of hydrogen-bond donors (Lipinski definition) is 0. The monoisotopic (exact) mass is 275 g/mol. The quantitative estimate of drug-likeness (QED) is 0.527. The first kappa shape index (κ1) is 11.9. The SMILES string of the molecule is Fc1cc(-c2ncnc3ccccc23)c2ncccc2c1. The third-order valence-electron chi connectivity index (χ3n) is 3.47. The van der Waals surface area contributed by atoms with E-state index in [-0.39, 0.29) is 5.82 Å². The van der Waals surface area contributed by atoms with Crippen molar-refractivity contribution in [1.29, 1.82) is 0 Å². The van der Waals surface area contributed by atoms with E-state index in [1.54, 1.807) is 12.3 Å². The summed E-state index contributed by atoms with van der Waals surface area (Å²) in [6.45, 7) is 0. The summed E-state index contributed by atoms with van der Waals surface area (Å²) in [5.41, 5.74) is 2.95. The van der Waals surface area contributed by atoms with Gasteiger partial charge in [0.15, 0.2) is 0 Å². The molecule has 0 aliphatic carbocycles. The third kappa shape index (κ3) is 1.92. The van der Waals surface area contributed by atoms with Crippen molar-refractivity contribution < 1.29 is 4.39 Å². The zero-order valence-electron chi connectivity index (χ0n) is 11.0. The summed E-state index contributed by atoms with van der Waals surface area (Å²) in [5.74, 6) is -0.298. The number of para-hydroxylation sites is 1. The molecule has 100 valence electrons. The van der Waals surface area contributed by atoms with Crippen molar-refractivity contribution in [3.05, 3.63) is 66.9 Å². The van der Waals surface area contributed by atoms with Crippen LogP contribution in [-0.2, 0) is 0 Å². The summed E-state index contributed by atoms with van der Waals surface area (Å²) < 4.78 is 13.9. The van der Waals surface area contributed by atoms with Crippen LogP contribution in [0, 0.1) is 5.82 Å². The van der Waals surface area contributed by atoms with Crippen LogP contribution in [0.2, 0.25) is 0 Å². The lowest BCUT2D eigenvalue weighted by Gasteiger charge is -2.08. The van der Waals surface area contributed by atoms with E-state index >= 15 is 0 Å². The Morgan fingerprint density at radius 3 is 2.71 bits per heavy atom. The Balaban J connectivity index is 2.14. The van der Waals surface area contributed by atoms with Gasteiger partial charge < -0.3 is 0 Å². The van der Waals surface area contributed by atoms with Gasteiger partial charge in [-0.25, -0.2) is 14.4 Å². The molecule has 4 rings (SSSR count). The molecule has 0 unspecified atom stereocenters. The number of rotatable bonds is 1. The van der Waals surface area contributed by atoms with Crippen LogP contribution in [0.25, 0.3) is 33.1 Å². The highest BCUT2D eigenvalue weighted by atomic mass is 19.1. The first-order chi connectivity index (χ1) is 10.3. The number of aromatic nitrogens is 3. The summed E-state index contributed by atoms with van der Waals surface area (Å²) in [5, 5.41) is 1.65. The molecule has 0 fully saturated rings. The minimum atomic E-state index is -0.298. The normalized spacial score (nSPS) is 11.1. The largest absolute Gasteiger partial charge is 0.256 e. The second-order valence-electron chi connectivity index (χ2n) is 4.77. The molecule has 0 saturated heterocycles. The lowest BCUT2D eigenvalue weighted by atomic mass is 10.0. The van der Waals surface area contributed by atoms with Gasteiger partial charge in [-0.3, -0.25) is 4.98 Å². The lowest BCUT2D eigenvalue weighted by molar-refractivity contribution is 0.630. The van der Waals surface area contributed by atoms with Crippen molar-refractivity contribution in [3.63, 3.8) is 0 Å². The average Bonchev–Trinajstić information content (AvgIpc) is 2.53. The Labute approximate surface area is 120 Å². The smallest absolute Gasteiger partial charge is 0.124 e. The lowest BCUT2D eigenvalue weighted by Crippen LogP contribution is -1.92. The average molecular weight is 275 g/mol. The minimum Gasteiger partial charge on any atom is -0.256 e. The van der Waals surface area contributed by atoms with Crippen LogP contribution in [0.4, 0.5) is 4.39 Å². The number of fused-ring (bicyclic) bond motifs is 2. The molecular weight excluding hydrogens is 265 g/mol. The van der Waals surface area contributed by atoms with Gasteiger partial charge in [0.2, 0.25) is 0 Å². The maximum absolute atomic E-state index is 13.9. The zero-order valence-corrected chi connectivity index (χ0v) is 11.0. The summed E-state index contributed by atoms with van der Waals surface area (Å²) in [4.78, 5) is 13.0. The topological polar surface area (TPSA) is 38.7 Å². The summed E-state index contributed by atoms with van der Waals surface area (Å²) >= 11 is 0. The molecule has 0 radical (unpaired) electrons. The molecule has 2 aromatic carbocycles. The molecule has 3 nitrogen and oxygen atoms in total. The van der Waals surface area contributed by atoms with Gasteiger partial charge in [-0.2, -0.15) is 0 Å². The zero-order chi connectivity index (χ0) is 14.2. The Bertz CT molecular complexity index is 961. The molecule has 0 amide bonds. The molecule has 2 heterocycles. The van der Waals surface area contributed by atoms with E-state index in [9.17, 15) is 4.39 Å². The molecule has 0 aliphatic rings. The summed E-state index contributed by atoms with van der Waals surface area (Å²) in [6, 6.07) is 14.3. The third-order valence-corrected chi connectivity index (χ3v) is 3.47. The minimum absolute atomic E-state index is 0.298. The number of benzene rings is 2. The van der Waals surface area contributed by atoms with Crippen LogP contribution in [0.3, 0.4) is 0 Å². The predicted molar refractivity (Wildman–Crippen MR) is 80.2 cm³/mol. The van der Waals surface area contributed by atoms with Crippen LogP contribution in [0.15, 0.2) is 61.1 Å². The first-order valence-electron chi connectivity index (χ1n) is 6.57. The van der Waals surface area contributed by atoms with Crippen molar-refractivity contribution in [2.45, 2.75) is 0 Å². The van der Waals surface area contributed by atoms with Crippen molar-refractivity contribution >= 4 is 21.8 Å². The van der Waals surface area contributed by atoms with Gasteiger partial charge in [-0.1, -0.05) is 24.3 Å². The molecule has 4 aromatic rings. The van der Waals surface area contributed by atoms with Crippen molar-refractivity contribution in [2.24, 2.45) is 0 Å². The van der Waals surface area contributed by atoms with E-state index < -0.39 is 0 Å². The Morgan fingerprint density at radius 2 is 1.76 bits per heavy atom. The van der Waals surface area contributed by atoms with Crippen LogP contribution in [-0.4, -0.2) is 15.0 Å². The summed E-state index contributed by atoms with van der Waals surface area (Å²) in [7, 11) is 0. The van der Waals surface area contributed by atoms with E-state index in [1.165, 1.54) is 18.5 Å². The van der Waals surface area contributed by atoms with Gasteiger partial charge in [0, 0.05) is 22.5 Å². The Hall–Kier alpha value is -2.88. The maximum atomic E-state index is 13.9. The fourth-order valence-electron chi connectivity index (χ4n) is 2.56. The van der Waals surface area contributed by atoms with E-state index in [2.05, 4.69) is 15.0 Å². The number of hydrogen-bond acceptors (Lipinski definition) is 3. The maximum Gasteiger partial charge on any atom is 0.124 e. The van der Waals surface area contributed by atoms with Crippen molar-refractivity contribution in [1.82, 2.24) is 15.0 Å². The van der Waals surface area contributed by atoms with Crippen LogP contribution >= 0.6 is 0 Å². The highest BCUT2D eigenvalue weighted by Crippen LogP contribution is 2.31. The predicted octanol–water partition coefficient (Wildman–Crippen LogP) is 3.98. The Morgan fingerprint density at radius 1 is 0.857 bits per heavy atom. The Kier molecular flexibility index (Phi) is 2.60. The molecular formula is C17H10FN3. The van der Waals surface area contributed by atoms with Gasteiger partial charge in [0.1, 0.15) is 12.1 Å². The molecule has 2 aromatic heterocycles. The summed E-state index contributed by atoms with van der Waals surface area (Å²) in [6.07, 6.45) is 3.20. The molecule has 0 spiro atoms. The fraction of sp³-hybridized carbons (Fsp3) is 0. The molecule has 4 heteroatoms. The van der Waals surface area contributed by atoms with Gasteiger partial charge in [0.05, 0.1) is 16.7 Å². The highest BCUT2D eigenvalue weighted by Gasteiger charge is 2.12. The number of pyridine rings is 1. The van der Waals surface area contributed by atoms with E-state index in [1.807, 2.05) is 30.3 Å². The second-order valence-corrected chi connectivity index (χ2v) is 4.77. The van der Waals surface area contributed by atoms with Crippen molar-refractivity contribution in [3.8, 4) is 11.3 Å². The van der Waals surface area contributed by atoms with E-state index in [4.69, 9.17) is 0 Å². The van der Waals surface area contributed by atoms with Crippen molar-refractivity contribution in [2.75, 3.05) is 0 Å². The van der Waals surface area contributed by atoms with E-state index in [0.717, 1.165) is 21.8 Å². The van der Waals surface area contributed by atoms with E-state index in [0.29, 0.717) is 11.3 Å². The van der Waals surface area contributed by atoms with Gasteiger partial charge >= 0.3 is 0 Å². The first-order valence-corrected chi connectivity index (χ1v) is 6.57. The van der Waals surface area contributed by atoms with Gasteiger partial charge in [0.25, 0.3) is 0 Å². The molecule has 21 heavy (non-hydrogen) atoms. The standard InChI is InChI=1S/C17H10FN3/c18-12-8-11-4-3-7-19-16(11)14(9-12)17-13-5-1-2-6-15(13)20-10-21-17/h1-10H. The van der Waals surface area contributed by atoms with Gasteiger partial charge in [-0.15, -0.1) is 0 Å². The molecule has 0 aliphatic heterocycles. The fourth-order valence-corrected chi connectivity index (χ4v) is 2.56. The van der Waals surface area contributed by atoms with Crippen LogP contribution < -0.4 is 0 Å². The number of halogens is 1. The molecule has 0 N–H and O–H groups in total. The van der Waals surface area contributed by atoms with Crippen LogP contribution in [0.5, 0.6) is 0 Å². The van der Waals surface area contributed by atoms with Gasteiger partial charge in [-0.05, 0) is 24.3 Å². The molecule has 0 bridgehead atoms. The molecule has 0 saturated carbocycles. The van der Waals surface area contributed by atoms with Crippen LogP contribution in [0.1, 0.15) is 0 Å².